The first-order valence-electron chi connectivity index (χ1n) is 10.2. The van der Waals surface area contributed by atoms with Crippen LogP contribution in [0.4, 0.5) is 0 Å². The van der Waals surface area contributed by atoms with Gasteiger partial charge in [0.05, 0.1) is 5.56 Å². The van der Waals surface area contributed by atoms with E-state index in [4.69, 9.17) is 0 Å². The average Bonchev–Trinajstić information content (AvgIpc) is 2.74. The molecule has 0 amide bonds. The SMILES string of the molecule is Cc1cc([C@@H]2CCCN(Cc3ccc(-c4ccccc4C(=O)O)cc3)C2)ccn1. The number of carboxylic acids is 1. The van der Waals surface area contributed by atoms with Gasteiger partial charge in [-0.15, -0.1) is 0 Å². The molecule has 0 aliphatic carbocycles. The second kappa shape index (κ2) is 8.58. The van der Waals surface area contributed by atoms with Crippen LogP contribution in [-0.2, 0) is 6.54 Å². The van der Waals surface area contributed by atoms with E-state index in [0.29, 0.717) is 11.5 Å². The first-order chi connectivity index (χ1) is 14.1. The van der Waals surface area contributed by atoms with E-state index in [1.54, 1.807) is 12.1 Å². The number of aryl methyl sites for hydroxylation is 1. The highest BCUT2D eigenvalue weighted by Gasteiger charge is 2.21. The minimum Gasteiger partial charge on any atom is -0.478 e. The van der Waals surface area contributed by atoms with Crippen molar-refractivity contribution in [1.29, 1.82) is 0 Å². The number of aromatic nitrogens is 1. The smallest absolute Gasteiger partial charge is 0.336 e. The van der Waals surface area contributed by atoms with Gasteiger partial charge in [0.2, 0.25) is 0 Å². The third-order valence-corrected chi connectivity index (χ3v) is 5.73. The molecule has 1 fully saturated rings. The van der Waals surface area contributed by atoms with E-state index in [2.05, 4.69) is 34.1 Å². The zero-order valence-corrected chi connectivity index (χ0v) is 16.7. The molecule has 4 nitrogen and oxygen atoms in total. The lowest BCUT2D eigenvalue weighted by Crippen LogP contribution is -2.33. The topological polar surface area (TPSA) is 53.4 Å². The predicted molar refractivity (Wildman–Crippen MR) is 115 cm³/mol. The van der Waals surface area contributed by atoms with Crippen LogP contribution >= 0.6 is 0 Å². The van der Waals surface area contributed by atoms with Crippen LogP contribution in [0.3, 0.4) is 0 Å². The van der Waals surface area contributed by atoms with E-state index in [0.717, 1.165) is 36.5 Å². The Morgan fingerprint density at radius 2 is 1.93 bits per heavy atom. The molecule has 0 radical (unpaired) electrons. The van der Waals surface area contributed by atoms with Gasteiger partial charge in [-0.25, -0.2) is 4.79 Å². The van der Waals surface area contributed by atoms with Gasteiger partial charge in [0.25, 0.3) is 0 Å². The van der Waals surface area contributed by atoms with Crippen LogP contribution in [0.1, 0.15) is 45.9 Å². The van der Waals surface area contributed by atoms with Crippen molar-refractivity contribution in [2.75, 3.05) is 13.1 Å². The van der Waals surface area contributed by atoms with Gasteiger partial charge < -0.3 is 5.11 Å². The number of piperidine rings is 1. The number of pyridine rings is 1. The van der Waals surface area contributed by atoms with Gasteiger partial charge in [0, 0.05) is 25.0 Å². The number of hydrogen-bond acceptors (Lipinski definition) is 3. The van der Waals surface area contributed by atoms with E-state index < -0.39 is 5.97 Å². The van der Waals surface area contributed by atoms with Crippen LogP contribution in [0.2, 0.25) is 0 Å². The Labute approximate surface area is 171 Å². The highest BCUT2D eigenvalue weighted by atomic mass is 16.4. The van der Waals surface area contributed by atoms with E-state index in [9.17, 15) is 9.90 Å². The molecular formula is C25H26N2O2. The second-order valence-corrected chi connectivity index (χ2v) is 7.85. The molecule has 29 heavy (non-hydrogen) atoms. The molecule has 4 heteroatoms. The fourth-order valence-corrected chi connectivity index (χ4v) is 4.26. The van der Waals surface area contributed by atoms with Crippen molar-refractivity contribution in [3.8, 4) is 11.1 Å². The van der Waals surface area contributed by atoms with Crippen molar-refractivity contribution in [2.24, 2.45) is 0 Å². The summed E-state index contributed by atoms with van der Waals surface area (Å²) < 4.78 is 0. The Bertz CT molecular complexity index is 998. The maximum atomic E-state index is 11.5. The standard InChI is InChI=1S/C25H26N2O2/c1-18-15-21(12-13-26-18)22-5-4-14-27(17-22)16-19-8-10-20(11-9-19)23-6-2-3-7-24(23)25(28)29/h2-3,6-13,15,22H,4-5,14,16-17H2,1H3,(H,28,29)/t22-/m1/s1. The lowest BCUT2D eigenvalue weighted by atomic mass is 9.90. The molecular weight excluding hydrogens is 360 g/mol. The zero-order valence-electron chi connectivity index (χ0n) is 16.7. The monoisotopic (exact) mass is 386 g/mol. The van der Waals surface area contributed by atoms with Crippen molar-refractivity contribution in [2.45, 2.75) is 32.2 Å². The molecule has 1 atom stereocenters. The van der Waals surface area contributed by atoms with Crippen LogP contribution in [0.5, 0.6) is 0 Å². The largest absolute Gasteiger partial charge is 0.478 e. The number of aromatic carboxylic acids is 1. The Kier molecular flexibility index (Phi) is 5.72. The lowest BCUT2D eigenvalue weighted by Gasteiger charge is -2.33. The number of carboxylic acid groups (broad SMARTS) is 1. The molecule has 0 spiro atoms. The van der Waals surface area contributed by atoms with Crippen LogP contribution in [0.15, 0.2) is 66.9 Å². The summed E-state index contributed by atoms with van der Waals surface area (Å²) in [7, 11) is 0. The number of likely N-dealkylation sites (tertiary alicyclic amines) is 1. The molecule has 1 aromatic heterocycles. The Morgan fingerprint density at radius 1 is 1.14 bits per heavy atom. The first-order valence-corrected chi connectivity index (χ1v) is 10.2. The van der Waals surface area contributed by atoms with Crippen molar-refractivity contribution in [3.63, 3.8) is 0 Å². The fourth-order valence-electron chi connectivity index (χ4n) is 4.26. The average molecular weight is 386 g/mol. The molecule has 0 bridgehead atoms. The summed E-state index contributed by atoms with van der Waals surface area (Å²) in [5, 5.41) is 9.42. The molecule has 0 unspecified atom stereocenters. The summed E-state index contributed by atoms with van der Waals surface area (Å²) in [6.45, 7) is 5.15. The van der Waals surface area contributed by atoms with Gasteiger partial charge in [-0.3, -0.25) is 9.88 Å². The van der Waals surface area contributed by atoms with E-state index in [1.807, 2.05) is 37.4 Å². The molecule has 1 aliphatic rings. The van der Waals surface area contributed by atoms with E-state index in [1.165, 1.54) is 24.0 Å². The summed E-state index contributed by atoms with van der Waals surface area (Å²) >= 11 is 0. The van der Waals surface area contributed by atoms with Gasteiger partial charge in [-0.05, 0) is 72.7 Å². The van der Waals surface area contributed by atoms with Crippen molar-refractivity contribution >= 4 is 5.97 Å². The Hall–Kier alpha value is -2.98. The van der Waals surface area contributed by atoms with Crippen LogP contribution in [0, 0.1) is 6.92 Å². The molecule has 148 valence electrons. The quantitative estimate of drug-likeness (QED) is 0.660. The van der Waals surface area contributed by atoms with Gasteiger partial charge >= 0.3 is 5.97 Å². The van der Waals surface area contributed by atoms with E-state index >= 15 is 0 Å². The zero-order chi connectivity index (χ0) is 20.2. The predicted octanol–water partition coefficient (Wildman–Crippen LogP) is 5.13. The van der Waals surface area contributed by atoms with E-state index in [-0.39, 0.29) is 0 Å². The number of carbonyl (C=O) groups is 1. The van der Waals surface area contributed by atoms with Crippen LogP contribution < -0.4 is 0 Å². The maximum absolute atomic E-state index is 11.5. The van der Waals surface area contributed by atoms with Gasteiger partial charge in [-0.2, -0.15) is 0 Å². The normalized spacial score (nSPS) is 17.2. The van der Waals surface area contributed by atoms with Gasteiger partial charge in [-0.1, -0.05) is 42.5 Å². The number of rotatable bonds is 5. The van der Waals surface area contributed by atoms with Gasteiger partial charge in [0.1, 0.15) is 0 Å². The minimum absolute atomic E-state index is 0.340. The highest BCUT2D eigenvalue weighted by molar-refractivity contribution is 5.95. The molecule has 1 aliphatic heterocycles. The van der Waals surface area contributed by atoms with Crippen molar-refractivity contribution in [1.82, 2.24) is 9.88 Å². The molecule has 4 rings (SSSR count). The second-order valence-electron chi connectivity index (χ2n) is 7.85. The molecule has 1 saturated heterocycles. The first kappa shape index (κ1) is 19.3. The molecule has 1 N–H and O–H groups in total. The summed E-state index contributed by atoms with van der Waals surface area (Å²) in [5.41, 5.74) is 5.77. The Morgan fingerprint density at radius 3 is 2.69 bits per heavy atom. The Balaban J connectivity index is 1.46. The number of hydrogen-bond donors (Lipinski definition) is 1. The summed E-state index contributed by atoms with van der Waals surface area (Å²) in [6, 6.07) is 19.8. The number of nitrogens with zero attached hydrogens (tertiary/aromatic N) is 2. The third-order valence-electron chi connectivity index (χ3n) is 5.73. The minimum atomic E-state index is -0.893. The summed E-state index contributed by atoms with van der Waals surface area (Å²) in [4.78, 5) is 18.3. The molecule has 2 aromatic carbocycles. The number of benzene rings is 2. The van der Waals surface area contributed by atoms with Crippen molar-refractivity contribution in [3.05, 3.63) is 89.2 Å². The fraction of sp³-hybridized carbons (Fsp3) is 0.280. The highest BCUT2D eigenvalue weighted by Crippen LogP contribution is 2.29. The molecule has 3 aromatic rings. The summed E-state index contributed by atoms with van der Waals surface area (Å²) in [6.07, 6.45) is 4.35. The van der Waals surface area contributed by atoms with Crippen LogP contribution in [0.25, 0.3) is 11.1 Å². The van der Waals surface area contributed by atoms with Gasteiger partial charge in [0.15, 0.2) is 0 Å². The summed E-state index contributed by atoms with van der Waals surface area (Å²) in [5.74, 6) is -0.331. The third kappa shape index (κ3) is 4.54. The van der Waals surface area contributed by atoms with Crippen LogP contribution in [-0.4, -0.2) is 34.0 Å². The molecule has 0 saturated carbocycles. The maximum Gasteiger partial charge on any atom is 0.336 e. The lowest BCUT2D eigenvalue weighted by molar-refractivity contribution is 0.0697. The van der Waals surface area contributed by atoms with Crippen molar-refractivity contribution < 1.29 is 9.90 Å². The molecule has 2 heterocycles.